The number of piperidine rings is 1. The molecule has 39 heavy (non-hydrogen) atoms. The zero-order valence-electron chi connectivity index (χ0n) is 21.6. The lowest BCUT2D eigenvalue weighted by molar-refractivity contribution is -0.139. The molecule has 204 valence electrons. The van der Waals surface area contributed by atoms with Crippen molar-refractivity contribution in [3.05, 3.63) is 77.8 Å². The maximum Gasteiger partial charge on any atom is 0.419 e. The fraction of sp³-hybridized carbons (Fsp3) is 0.321. The van der Waals surface area contributed by atoms with E-state index in [1.807, 2.05) is 42.9 Å². The Morgan fingerprint density at radius 2 is 1.72 bits per heavy atom. The summed E-state index contributed by atoms with van der Waals surface area (Å²) in [6, 6.07) is 11.0. The summed E-state index contributed by atoms with van der Waals surface area (Å²) in [6.45, 7) is 1.90. The number of nitrogens with zero attached hydrogens (tertiary/aromatic N) is 5. The van der Waals surface area contributed by atoms with Crippen LogP contribution in [0, 0.1) is 5.82 Å². The van der Waals surface area contributed by atoms with Crippen LogP contribution in [0.3, 0.4) is 0 Å². The molecule has 0 atom stereocenters. The molecular formula is C28H29F4N7. The van der Waals surface area contributed by atoms with Gasteiger partial charge in [-0.15, -0.1) is 0 Å². The minimum absolute atomic E-state index is 0.112. The van der Waals surface area contributed by atoms with Gasteiger partial charge in [-0.1, -0.05) is 24.3 Å². The minimum Gasteiger partial charge on any atom is -0.372 e. The average Bonchev–Trinajstić information content (AvgIpc) is 3.33. The zero-order chi connectivity index (χ0) is 27.7. The van der Waals surface area contributed by atoms with Gasteiger partial charge in [0.2, 0.25) is 0 Å². The molecule has 2 aromatic heterocycles. The molecule has 5 rings (SSSR count). The predicted octanol–water partition coefficient (Wildman–Crippen LogP) is 5.59. The minimum atomic E-state index is -4.77. The average molecular weight is 540 g/mol. The van der Waals surface area contributed by atoms with Crippen LogP contribution in [-0.2, 0) is 19.8 Å². The van der Waals surface area contributed by atoms with Gasteiger partial charge in [-0.3, -0.25) is 0 Å². The zero-order valence-corrected chi connectivity index (χ0v) is 21.6. The number of aryl methyl sites for hydroxylation is 1. The molecule has 0 aliphatic carbocycles. The van der Waals surface area contributed by atoms with Crippen LogP contribution < -0.4 is 16.0 Å². The monoisotopic (exact) mass is 539 g/mol. The molecule has 0 spiro atoms. The van der Waals surface area contributed by atoms with Crippen LogP contribution in [0.2, 0.25) is 0 Å². The Morgan fingerprint density at radius 1 is 1.03 bits per heavy atom. The number of hydrogen-bond donors (Lipinski definition) is 2. The summed E-state index contributed by atoms with van der Waals surface area (Å²) >= 11 is 0. The highest BCUT2D eigenvalue weighted by atomic mass is 19.4. The molecule has 0 unspecified atom stereocenters. The molecule has 0 amide bonds. The summed E-state index contributed by atoms with van der Waals surface area (Å²) < 4.78 is 55.3. The quantitative estimate of drug-likeness (QED) is 0.311. The number of nitrogens with one attached hydrogen (secondary N) is 1. The van der Waals surface area contributed by atoms with Gasteiger partial charge >= 0.3 is 6.18 Å². The third-order valence-electron chi connectivity index (χ3n) is 7.18. The van der Waals surface area contributed by atoms with E-state index in [1.165, 1.54) is 6.07 Å². The first kappa shape index (κ1) is 26.6. The van der Waals surface area contributed by atoms with Gasteiger partial charge in [-0.25, -0.2) is 19.3 Å². The van der Waals surface area contributed by atoms with E-state index in [4.69, 9.17) is 5.73 Å². The topological polar surface area (TPSA) is 84.9 Å². The van der Waals surface area contributed by atoms with Crippen LogP contribution in [0.15, 0.2) is 55.0 Å². The number of nitrogens with two attached hydrogens (primary N) is 1. The van der Waals surface area contributed by atoms with E-state index in [0.29, 0.717) is 12.2 Å². The number of alkyl halides is 3. The number of halogens is 4. The van der Waals surface area contributed by atoms with Crippen molar-refractivity contribution in [3.8, 4) is 22.4 Å². The van der Waals surface area contributed by atoms with Crippen LogP contribution in [0.1, 0.15) is 35.7 Å². The Hall–Kier alpha value is -3.99. The fourth-order valence-corrected chi connectivity index (χ4v) is 5.13. The van der Waals surface area contributed by atoms with Crippen molar-refractivity contribution in [1.82, 2.24) is 19.5 Å². The maximum atomic E-state index is 13.8. The molecular weight excluding hydrogens is 510 g/mol. The van der Waals surface area contributed by atoms with Crippen LogP contribution in [0.25, 0.3) is 22.4 Å². The molecule has 0 radical (unpaired) electrons. The summed E-state index contributed by atoms with van der Waals surface area (Å²) in [5, 5.41) is 3.17. The lowest BCUT2D eigenvalue weighted by Gasteiger charge is -2.34. The molecule has 2 aromatic carbocycles. The molecule has 4 aromatic rings. The second kappa shape index (κ2) is 10.6. The molecule has 0 bridgehead atoms. The van der Waals surface area contributed by atoms with Crippen molar-refractivity contribution in [2.45, 2.75) is 31.5 Å². The highest BCUT2D eigenvalue weighted by Gasteiger charge is 2.34. The maximum absolute atomic E-state index is 13.8. The molecule has 1 aliphatic rings. The number of aromatic nitrogens is 4. The van der Waals surface area contributed by atoms with Gasteiger partial charge in [0, 0.05) is 51.4 Å². The van der Waals surface area contributed by atoms with Gasteiger partial charge in [0.15, 0.2) is 0 Å². The molecule has 7 nitrogen and oxygen atoms in total. The molecule has 1 fully saturated rings. The van der Waals surface area contributed by atoms with E-state index in [2.05, 4.69) is 25.2 Å². The largest absolute Gasteiger partial charge is 0.419 e. The van der Waals surface area contributed by atoms with E-state index in [9.17, 15) is 17.6 Å². The molecule has 11 heteroatoms. The molecule has 0 saturated carbocycles. The van der Waals surface area contributed by atoms with E-state index in [-0.39, 0.29) is 11.5 Å². The summed E-state index contributed by atoms with van der Waals surface area (Å²) in [7, 11) is 3.66. The second-order valence-corrected chi connectivity index (χ2v) is 9.62. The molecule has 1 saturated heterocycles. The molecule has 3 N–H and O–H groups in total. The Bertz CT molecular complexity index is 1460. The normalized spacial score (nSPS) is 14.6. The number of rotatable bonds is 6. The van der Waals surface area contributed by atoms with E-state index in [1.54, 1.807) is 12.5 Å². The van der Waals surface area contributed by atoms with E-state index < -0.39 is 17.6 Å². The van der Waals surface area contributed by atoms with Crippen molar-refractivity contribution in [1.29, 1.82) is 0 Å². The van der Waals surface area contributed by atoms with Crippen LogP contribution >= 0.6 is 0 Å². The highest BCUT2D eigenvalue weighted by molar-refractivity contribution is 5.85. The first-order chi connectivity index (χ1) is 18.7. The third kappa shape index (κ3) is 5.31. The Balaban J connectivity index is 1.37. The summed E-state index contributed by atoms with van der Waals surface area (Å²) in [4.78, 5) is 16.0. The van der Waals surface area contributed by atoms with Crippen molar-refractivity contribution >= 4 is 11.6 Å². The van der Waals surface area contributed by atoms with Gasteiger partial charge < -0.3 is 20.5 Å². The summed E-state index contributed by atoms with van der Waals surface area (Å²) in [5.74, 6) is 1.17. The number of benzene rings is 2. The lowest BCUT2D eigenvalue weighted by Crippen LogP contribution is -2.34. The molecule has 3 heterocycles. The Labute approximate surface area is 223 Å². The van der Waals surface area contributed by atoms with Gasteiger partial charge in [0.25, 0.3) is 0 Å². The number of anilines is 2. The van der Waals surface area contributed by atoms with Crippen LogP contribution in [-0.4, -0.2) is 39.7 Å². The highest BCUT2D eigenvalue weighted by Crippen LogP contribution is 2.38. The SMILES string of the molecule is CNc1ncnc(N2CCC(c3nc(-c4ccc(F)c(C(F)(F)F)c4)cn3C)CC2)c1-c1ccc(CN)cc1. The van der Waals surface area contributed by atoms with E-state index >= 15 is 0 Å². The Kier molecular flexibility index (Phi) is 7.26. The first-order valence-corrected chi connectivity index (χ1v) is 12.7. The third-order valence-corrected chi connectivity index (χ3v) is 7.18. The summed E-state index contributed by atoms with van der Waals surface area (Å²) in [5.41, 5.74) is 8.03. The standard InChI is InChI=1S/C28H29F4N7/c1-34-25-24(18-5-3-17(14-33)4-6-18)27(36-16-35-25)39-11-9-19(10-12-39)26-37-23(15-38(26)2)20-7-8-22(29)21(13-20)28(30,31)32/h3-8,13,15-16,19H,9-12,14,33H2,1-2H3,(H,34,35,36). The van der Waals surface area contributed by atoms with Gasteiger partial charge in [0.1, 0.15) is 29.6 Å². The Morgan fingerprint density at radius 3 is 2.36 bits per heavy atom. The van der Waals surface area contributed by atoms with Crippen molar-refractivity contribution < 1.29 is 17.6 Å². The van der Waals surface area contributed by atoms with Gasteiger partial charge in [-0.2, -0.15) is 13.2 Å². The molecule has 1 aliphatic heterocycles. The van der Waals surface area contributed by atoms with Crippen molar-refractivity contribution in [3.63, 3.8) is 0 Å². The van der Waals surface area contributed by atoms with Crippen molar-refractivity contribution in [2.75, 3.05) is 30.4 Å². The fourth-order valence-electron chi connectivity index (χ4n) is 5.13. The first-order valence-electron chi connectivity index (χ1n) is 12.7. The predicted molar refractivity (Wildman–Crippen MR) is 143 cm³/mol. The van der Waals surface area contributed by atoms with Crippen LogP contribution in [0.5, 0.6) is 0 Å². The van der Waals surface area contributed by atoms with Gasteiger partial charge in [-0.05, 0) is 42.2 Å². The second-order valence-electron chi connectivity index (χ2n) is 9.62. The van der Waals surface area contributed by atoms with Gasteiger partial charge in [0.05, 0.1) is 16.8 Å². The number of hydrogen-bond acceptors (Lipinski definition) is 6. The lowest BCUT2D eigenvalue weighted by atomic mass is 9.95. The van der Waals surface area contributed by atoms with E-state index in [0.717, 1.165) is 72.2 Å². The van der Waals surface area contributed by atoms with Crippen LogP contribution in [0.4, 0.5) is 29.2 Å². The smallest absolute Gasteiger partial charge is 0.372 e. The number of imidazole rings is 1. The van der Waals surface area contributed by atoms with Crippen molar-refractivity contribution in [2.24, 2.45) is 12.8 Å². The summed E-state index contributed by atoms with van der Waals surface area (Å²) in [6.07, 6.45) is 0.0393.